The van der Waals surface area contributed by atoms with E-state index in [-0.39, 0.29) is 5.41 Å². The molecule has 1 aromatic heterocycles. The summed E-state index contributed by atoms with van der Waals surface area (Å²) in [7, 11) is 0. The third-order valence-electron chi connectivity index (χ3n) is 6.31. The summed E-state index contributed by atoms with van der Waals surface area (Å²) in [5, 5.41) is 2.49. The number of hydrogen-bond acceptors (Lipinski definition) is 1. The van der Waals surface area contributed by atoms with Crippen molar-refractivity contribution in [1.82, 2.24) is 4.98 Å². The van der Waals surface area contributed by atoms with Gasteiger partial charge in [0.1, 0.15) is 0 Å². The van der Waals surface area contributed by atoms with E-state index < -0.39 is 0 Å². The monoisotopic (exact) mass is 363 g/mol. The van der Waals surface area contributed by atoms with E-state index in [1.54, 1.807) is 0 Å². The Morgan fingerprint density at radius 3 is 2.39 bits per heavy atom. The van der Waals surface area contributed by atoms with Gasteiger partial charge in [0, 0.05) is 22.6 Å². The Hall–Kier alpha value is -2.93. The number of pyridine rings is 1. The molecule has 4 aromatic rings. The van der Waals surface area contributed by atoms with Gasteiger partial charge in [-0.25, -0.2) is 0 Å². The Bertz CT molecular complexity index is 1210. The van der Waals surface area contributed by atoms with Gasteiger partial charge in [-0.05, 0) is 51.3 Å². The van der Waals surface area contributed by atoms with Crippen molar-refractivity contribution in [3.63, 3.8) is 0 Å². The molecule has 0 unspecified atom stereocenters. The fourth-order valence-electron chi connectivity index (χ4n) is 4.64. The van der Waals surface area contributed by atoms with Gasteiger partial charge in [0.2, 0.25) is 0 Å². The summed E-state index contributed by atoms with van der Waals surface area (Å²) in [6.07, 6.45) is 1.94. The first-order valence-electron chi connectivity index (χ1n) is 10.1. The van der Waals surface area contributed by atoms with Crippen LogP contribution in [0.1, 0.15) is 50.3 Å². The van der Waals surface area contributed by atoms with Crippen LogP contribution in [0, 0.1) is 0 Å². The molecule has 5 rings (SSSR count). The second-order valence-electron chi connectivity index (χ2n) is 8.73. The van der Waals surface area contributed by atoms with Crippen molar-refractivity contribution in [3.05, 3.63) is 89.6 Å². The Morgan fingerprint density at radius 2 is 1.57 bits per heavy atom. The lowest BCUT2D eigenvalue weighted by atomic mass is 9.81. The van der Waals surface area contributed by atoms with E-state index in [0.717, 1.165) is 5.69 Å². The second kappa shape index (κ2) is 6.04. The van der Waals surface area contributed by atoms with Crippen molar-refractivity contribution >= 4 is 10.8 Å². The van der Waals surface area contributed by atoms with Gasteiger partial charge in [-0.3, -0.25) is 4.98 Å². The van der Waals surface area contributed by atoms with Gasteiger partial charge in [0.15, 0.2) is 0 Å². The topological polar surface area (TPSA) is 12.9 Å². The van der Waals surface area contributed by atoms with Gasteiger partial charge in [-0.1, -0.05) is 82.3 Å². The Labute approximate surface area is 167 Å². The first-order valence-corrected chi connectivity index (χ1v) is 10.1. The van der Waals surface area contributed by atoms with Crippen molar-refractivity contribution in [2.45, 2.75) is 39.0 Å². The lowest BCUT2D eigenvalue weighted by molar-refractivity contribution is 0.660. The number of aromatic nitrogens is 1. The zero-order valence-electron chi connectivity index (χ0n) is 17.0. The molecule has 0 bridgehead atoms. The van der Waals surface area contributed by atoms with Crippen LogP contribution in [-0.4, -0.2) is 4.98 Å². The number of rotatable bonds is 2. The maximum Gasteiger partial charge on any atom is 0.0780 e. The van der Waals surface area contributed by atoms with Crippen LogP contribution in [0.5, 0.6) is 0 Å². The summed E-state index contributed by atoms with van der Waals surface area (Å²) in [6.45, 7) is 9.13. The molecule has 3 aromatic carbocycles. The van der Waals surface area contributed by atoms with Crippen molar-refractivity contribution in [3.8, 4) is 22.4 Å². The average molecular weight is 364 g/mol. The van der Waals surface area contributed by atoms with E-state index >= 15 is 0 Å². The van der Waals surface area contributed by atoms with E-state index in [0.29, 0.717) is 5.92 Å². The van der Waals surface area contributed by atoms with E-state index in [9.17, 15) is 0 Å². The van der Waals surface area contributed by atoms with E-state index in [4.69, 9.17) is 4.98 Å². The fourth-order valence-corrected chi connectivity index (χ4v) is 4.64. The second-order valence-corrected chi connectivity index (χ2v) is 8.73. The van der Waals surface area contributed by atoms with Crippen molar-refractivity contribution in [2.75, 3.05) is 0 Å². The zero-order valence-corrected chi connectivity index (χ0v) is 17.0. The summed E-state index contributed by atoms with van der Waals surface area (Å²) >= 11 is 0. The third kappa shape index (κ3) is 2.43. The van der Waals surface area contributed by atoms with Gasteiger partial charge < -0.3 is 0 Å². The highest BCUT2D eigenvalue weighted by molar-refractivity contribution is 5.96. The summed E-state index contributed by atoms with van der Waals surface area (Å²) in [5.74, 6) is 0.528. The maximum absolute atomic E-state index is 4.77. The highest BCUT2D eigenvalue weighted by Crippen LogP contribution is 2.49. The predicted molar refractivity (Wildman–Crippen MR) is 119 cm³/mol. The van der Waals surface area contributed by atoms with Gasteiger partial charge in [-0.2, -0.15) is 0 Å². The molecule has 1 aliphatic carbocycles. The molecule has 0 spiro atoms. The van der Waals surface area contributed by atoms with Gasteiger partial charge >= 0.3 is 0 Å². The lowest BCUT2D eigenvalue weighted by Crippen LogP contribution is -2.14. The van der Waals surface area contributed by atoms with Gasteiger partial charge in [0.05, 0.1) is 5.69 Å². The van der Waals surface area contributed by atoms with E-state index in [1.165, 1.54) is 44.2 Å². The van der Waals surface area contributed by atoms with Gasteiger partial charge in [-0.15, -0.1) is 0 Å². The molecule has 0 N–H and O–H groups in total. The molecular weight excluding hydrogens is 338 g/mol. The minimum Gasteiger partial charge on any atom is -0.256 e. The standard InChI is InChI=1S/C27H25N/c1-17(2)18-9-11-21-19(15-18)13-14-28-26(21)20-10-12-23-22-7-5-6-8-24(22)27(3,4)25(23)16-20/h5-17H,1-4H3. The minimum atomic E-state index is 0.0112. The Kier molecular flexibility index (Phi) is 3.71. The van der Waals surface area contributed by atoms with Crippen molar-refractivity contribution in [1.29, 1.82) is 0 Å². The minimum absolute atomic E-state index is 0.0112. The summed E-state index contributed by atoms with van der Waals surface area (Å²) in [4.78, 5) is 4.77. The number of benzene rings is 3. The highest BCUT2D eigenvalue weighted by atomic mass is 14.7. The molecule has 0 aliphatic heterocycles. The molecule has 0 saturated carbocycles. The number of hydrogen-bond donors (Lipinski definition) is 0. The fraction of sp³-hybridized carbons (Fsp3) is 0.222. The molecule has 1 nitrogen and oxygen atoms in total. The number of fused-ring (bicyclic) bond motifs is 4. The van der Waals surface area contributed by atoms with Crippen molar-refractivity contribution < 1.29 is 0 Å². The molecule has 28 heavy (non-hydrogen) atoms. The van der Waals surface area contributed by atoms with Crippen LogP contribution in [0.4, 0.5) is 0 Å². The molecule has 138 valence electrons. The van der Waals surface area contributed by atoms with Crippen molar-refractivity contribution in [2.24, 2.45) is 0 Å². The molecule has 0 fully saturated rings. The average Bonchev–Trinajstić information content (AvgIpc) is 2.94. The summed E-state index contributed by atoms with van der Waals surface area (Å²) in [5.41, 5.74) is 9.17. The quantitative estimate of drug-likeness (QED) is 0.363. The molecular formula is C27H25N. The first kappa shape index (κ1) is 17.2. The van der Waals surface area contributed by atoms with Gasteiger partial charge in [0.25, 0.3) is 0 Å². The summed E-state index contributed by atoms with van der Waals surface area (Å²) in [6, 6.07) is 24.6. The molecule has 1 heteroatoms. The normalized spacial score (nSPS) is 14.3. The smallest absolute Gasteiger partial charge is 0.0780 e. The summed E-state index contributed by atoms with van der Waals surface area (Å²) < 4.78 is 0. The van der Waals surface area contributed by atoms with E-state index in [2.05, 4.69) is 94.4 Å². The Morgan fingerprint density at radius 1 is 0.786 bits per heavy atom. The molecule has 1 aliphatic rings. The predicted octanol–water partition coefficient (Wildman–Crippen LogP) is 7.33. The van der Waals surface area contributed by atoms with Crippen LogP contribution >= 0.6 is 0 Å². The van der Waals surface area contributed by atoms with Crippen LogP contribution in [0.25, 0.3) is 33.2 Å². The first-order chi connectivity index (χ1) is 13.5. The van der Waals surface area contributed by atoms with Crippen LogP contribution in [0.3, 0.4) is 0 Å². The molecule has 1 heterocycles. The lowest BCUT2D eigenvalue weighted by Gasteiger charge is -2.22. The van der Waals surface area contributed by atoms with Crippen LogP contribution < -0.4 is 0 Å². The third-order valence-corrected chi connectivity index (χ3v) is 6.31. The highest BCUT2D eigenvalue weighted by Gasteiger charge is 2.35. The molecule has 0 amide bonds. The van der Waals surface area contributed by atoms with Crippen LogP contribution in [0.2, 0.25) is 0 Å². The Balaban J connectivity index is 1.70. The largest absolute Gasteiger partial charge is 0.256 e. The molecule has 0 radical (unpaired) electrons. The number of nitrogens with zero attached hydrogens (tertiary/aromatic N) is 1. The van der Waals surface area contributed by atoms with Crippen LogP contribution in [0.15, 0.2) is 72.9 Å². The molecule has 0 atom stereocenters. The van der Waals surface area contributed by atoms with E-state index in [1.807, 2.05) is 6.20 Å². The SMILES string of the molecule is CC(C)c1ccc2c(-c3ccc4c(c3)C(C)(C)c3ccccc3-4)nccc2c1. The maximum atomic E-state index is 4.77. The molecule has 0 saturated heterocycles. The zero-order chi connectivity index (χ0) is 19.5. The van der Waals surface area contributed by atoms with Crippen LogP contribution in [-0.2, 0) is 5.41 Å².